The van der Waals surface area contributed by atoms with Crippen LogP contribution in [0.2, 0.25) is 0 Å². The van der Waals surface area contributed by atoms with Crippen molar-refractivity contribution >= 4 is 19.7 Å². The summed E-state index contributed by atoms with van der Waals surface area (Å²) in [4.78, 5) is 0. The smallest absolute Gasteiger partial charge is 0.220 e. The van der Waals surface area contributed by atoms with Crippen molar-refractivity contribution in [2.75, 3.05) is 0 Å². The molecule has 0 amide bonds. The zero-order chi connectivity index (χ0) is 8.54. The summed E-state index contributed by atoms with van der Waals surface area (Å²) >= 11 is 0. The molecule has 0 spiro atoms. The van der Waals surface area contributed by atoms with Gasteiger partial charge in [0.15, 0.2) is 0 Å². The Hall–Kier alpha value is -0.350. The number of alkyl halides is 1. The van der Waals surface area contributed by atoms with E-state index in [1.165, 1.54) is 12.2 Å². The summed E-state index contributed by atoms with van der Waals surface area (Å²) in [5.74, 6) is 0. The van der Waals surface area contributed by atoms with Crippen LogP contribution < -0.4 is 0 Å². The quantitative estimate of drug-likeness (QED) is 0.599. The largest absolute Gasteiger partial charge is 0.271 e. The molecule has 0 N–H and O–H groups in total. The maximum atomic E-state index is 13.2. The number of halogens is 2. The summed E-state index contributed by atoms with van der Waals surface area (Å²) in [6.45, 7) is 0. The summed E-state index contributed by atoms with van der Waals surface area (Å²) in [6, 6.07) is 0. The van der Waals surface area contributed by atoms with E-state index < -0.39 is 14.1 Å². The molecule has 1 aliphatic carbocycles. The lowest BCUT2D eigenvalue weighted by atomic mass is 10.1. The van der Waals surface area contributed by atoms with Gasteiger partial charge in [-0.1, -0.05) is 18.2 Å². The third-order valence-electron chi connectivity index (χ3n) is 1.39. The predicted molar refractivity (Wildman–Crippen MR) is 41.5 cm³/mol. The van der Waals surface area contributed by atoms with Gasteiger partial charge in [-0.25, -0.2) is 12.8 Å². The molecule has 0 saturated carbocycles. The molecule has 1 aliphatic rings. The van der Waals surface area contributed by atoms with Crippen LogP contribution in [0.25, 0.3) is 0 Å². The standard InChI is InChI=1S/C6H6ClFO2S/c7-11(9,10)6(8)4-2-1-3-5-6/h1-4H,5H2. The minimum Gasteiger partial charge on any atom is -0.220 e. The minimum absolute atomic E-state index is 0.213. The zero-order valence-corrected chi connectivity index (χ0v) is 7.07. The Morgan fingerprint density at radius 1 is 1.45 bits per heavy atom. The summed E-state index contributed by atoms with van der Waals surface area (Å²) in [5.41, 5.74) is 0. The summed E-state index contributed by atoms with van der Waals surface area (Å²) in [7, 11) is 0.707. The fourth-order valence-corrected chi connectivity index (χ4v) is 1.64. The van der Waals surface area contributed by atoms with Gasteiger partial charge >= 0.3 is 0 Å². The molecule has 1 atom stereocenters. The molecule has 0 radical (unpaired) electrons. The fourth-order valence-electron chi connectivity index (χ4n) is 0.755. The number of rotatable bonds is 1. The Bertz CT molecular complexity index is 307. The third-order valence-corrected chi connectivity index (χ3v) is 3.28. The van der Waals surface area contributed by atoms with Crippen LogP contribution in [-0.2, 0) is 9.05 Å². The first-order chi connectivity index (χ1) is 4.96. The average Bonchev–Trinajstić information content (AvgIpc) is 1.87. The van der Waals surface area contributed by atoms with E-state index in [-0.39, 0.29) is 6.42 Å². The van der Waals surface area contributed by atoms with E-state index in [0.717, 1.165) is 6.08 Å². The fraction of sp³-hybridized carbons (Fsp3) is 0.333. The molecule has 0 aromatic rings. The van der Waals surface area contributed by atoms with Gasteiger partial charge in [-0.2, -0.15) is 0 Å². The second-order valence-electron chi connectivity index (χ2n) is 2.22. The third kappa shape index (κ3) is 1.62. The molecule has 0 aromatic carbocycles. The van der Waals surface area contributed by atoms with Crippen LogP contribution in [0, 0.1) is 0 Å². The molecule has 0 bridgehead atoms. The van der Waals surface area contributed by atoms with Crippen LogP contribution in [0.15, 0.2) is 24.3 Å². The molecule has 1 unspecified atom stereocenters. The topological polar surface area (TPSA) is 34.1 Å². The van der Waals surface area contributed by atoms with Crippen molar-refractivity contribution in [2.24, 2.45) is 0 Å². The van der Waals surface area contributed by atoms with Crippen molar-refractivity contribution in [1.29, 1.82) is 0 Å². The van der Waals surface area contributed by atoms with Gasteiger partial charge in [0, 0.05) is 17.1 Å². The van der Waals surface area contributed by atoms with E-state index in [9.17, 15) is 12.8 Å². The molecule has 5 heteroatoms. The van der Waals surface area contributed by atoms with Crippen molar-refractivity contribution in [1.82, 2.24) is 0 Å². The van der Waals surface area contributed by atoms with Crippen molar-refractivity contribution in [3.8, 4) is 0 Å². The second kappa shape index (κ2) is 2.60. The highest BCUT2D eigenvalue weighted by molar-refractivity contribution is 8.14. The Labute approximate surface area is 68.8 Å². The molecule has 0 heterocycles. The number of hydrogen-bond donors (Lipinski definition) is 0. The van der Waals surface area contributed by atoms with E-state index in [1.807, 2.05) is 0 Å². The van der Waals surface area contributed by atoms with Gasteiger partial charge in [0.2, 0.25) is 5.00 Å². The van der Waals surface area contributed by atoms with Crippen molar-refractivity contribution in [3.63, 3.8) is 0 Å². The van der Waals surface area contributed by atoms with Crippen LogP contribution in [0.4, 0.5) is 4.39 Å². The maximum Gasteiger partial charge on any atom is 0.271 e. The van der Waals surface area contributed by atoms with Crippen LogP contribution in [-0.4, -0.2) is 13.4 Å². The molecule has 0 saturated heterocycles. The Kier molecular flexibility index (Phi) is 2.07. The average molecular weight is 197 g/mol. The lowest BCUT2D eigenvalue weighted by Gasteiger charge is -2.17. The molecule has 62 valence electrons. The molecule has 1 rings (SSSR count). The van der Waals surface area contributed by atoms with Crippen molar-refractivity contribution in [2.45, 2.75) is 11.4 Å². The molecule has 0 aliphatic heterocycles. The second-order valence-corrected chi connectivity index (χ2v) is 4.99. The van der Waals surface area contributed by atoms with Gasteiger partial charge in [0.05, 0.1) is 0 Å². The molecular formula is C6H6ClFO2S. The van der Waals surface area contributed by atoms with Crippen LogP contribution in [0.5, 0.6) is 0 Å². The van der Waals surface area contributed by atoms with Gasteiger partial charge in [-0.15, -0.1) is 0 Å². The summed E-state index contributed by atoms with van der Waals surface area (Å²) in [5, 5.41) is -2.41. The highest BCUT2D eigenvalue weighted by Crippen LogP contribution is 2.31. The lowest BCUT2D eigenvalue weighted by Crippen LogP contribution is -2.27. The predicted octanol–water partition coefficient (Wildman–Crippen LogP) is 1.74. The van der Waals surface area contributed by atoms with E-state index in [4.69, 9.17) is 10.7 Å². The molecule has 0 aromatic heterocycles. The zero-order valence-electron chi connectivity index (χ0n) is 5.50. The molecule has 11 heavy (non-hydrogen) atoms. The summed E-state index contributed by atoms with van der Waals surface area (Å²) < 4.78 is 34.4. The van der Waals surface area contributed by atoms with E-state index in [1.54, 1.807) is 6.08 Å². The SMILES string of the molecule is O=S(=O)(Cl)C1(F)C=CC=CC1. The summed E-state index contributed by atoms with van der Waals surface area (Å²) in [6.07, 6.45) is 5.04. The van der Waals surface area contributed by atoms with Crippen molar-refractivity contribution < 1.29 is 12.8 Å². The Morgan fingerprint density at radius 3 is 2.36 bits per heavy atom. The highest BCUT2D eigenvalue weighted by Gasteiger charge is 2.40. The monoisotopic (exact) mass is 196 g/mol. The minimum atomic E-state index is -4.16. The van der Waals surface area contributed by atoms with Crippen LogP contribution in [0.1, 0.15) is 6.42 Å². The lowest BCUT2D eigenvalue weighted by molar-refractivity contribution is 0.336. The van der Waals surface area contributed by atoms with Gasteiger partial charge < -0.3 is 0 Å². The highest BCUT2D eigenvalue weighted by atomic mass is 35.7. The van der Waals surface area contributed by atoms with Gasteiger partial charge in [0.25, 0.3) is 9.05 Å². The Morgan fingerprint density at radius 2 is 2.09 bits per heavy atom. The van der Waals surface area contributed by atoms with E-state index in [0.29, 0.717) is 0 Å². The molecule has 0 fully saturated rings. The van der Waals surface area contributed by atoms with E-state index >= 15 is 0 Å². The number of hydrogen-bond acceptors (Lipinski definition) is 2. The maximum absolute atomic E-state index is 13.2. The van der Waals surface area contributed by atoms with Crippen LogP contribution in [0.3, 0.4) is 0 Å². The van der Waals surface area contributed by atoms with Crippen molar-refractivity contribution in [3.05, 3.63) is 24.3 Å². The van der Waals surface area contributed by atoms with Gasteiger partial charge in [0.1, 0.15) is 0 Å². The first-order valence-corrected chi connectivity index (χ1v) is 5.24. The molecule has 2 nitrogen and oxygen atoms in total. The number of allylic oxidation sites excluding steroid dienone is 3. The normalized spacial score (nSPS) is 30.7. The van der Waals surface area contributed by atoms with E-state index in [2.05, 4.69) is 0 Å². The molecular weight excluding hydrogens is 191 g/mol. The van der Waals surface area contributed by atoms with Gasteiger partial charge in [-0.3, -0.25) is 0 Å². The van der Waals surface area contributed by atoms with Crippen LogP contribution >= 0.6 is 10.7 Å². The Balaban J connectivity index is 3.04. The van der Waals surface area contributed by atoms with Gasteiger partial charge in [-0.05, 0) is 6.08 Å². The first kappa shape index (κ1) is 8.74. The first-order valence-electron chi connectivity index (χ1n) is 2.93.